The van der Waals surface area contributed by atoms with Crippen molar-refractivity contribution in [1.29, 1.82) is 0 Å². The number of carbonyl (C=O) groups is 3. The van der Waals surface area contributed by atoms with Crippen LogP contribution in [0.3, 0.4) is 0 Å². The third kappa shape index (κ3) is 11.6. The van der Waals surface area contributed by atoms with Gasteiger partial charge in [0.2, 0.25) is 0 Å². The number of aliphatic hydroxyl groups excluding tert-OH is 2. The van der Waals surface area contributed by atoms with E-state index in [-0.39, 0.29) is 55.3 Å². The number of esters is 3. The van der Waals surface area contributed by atoms with Crippen molar-refractivity contribution >= 4 is 17.9 Å². The molecule has 5 aliphatic rings. The molecule has 1 aliphatic heterocycles. The van der Waals surface area contributed by atoms with Crippen LogP contribution in [0.5, 0.6) is 5.75 Å². The molecule has 1 aromatic rings. The summed E-state index contributed by atoms with van der Waals surface area (Å²) in [7, 11) is 1.53. The summed E-state index contributed by atoms with van der Waals surface area (Å²) in [5.74, 6) is -1.75. The fraction of sp³-hybridized carbons (Fsp3) is 0.755. The zero-order valence-corrected chi connectivity index (χ0v) is 40.6. The second-order valence-electron chi connectivity index (χ2n) is 20.2. The van der Waals surface area contributed by atoms with Crippen LogP contribution in [0.4, 0.5) is 0 Å². The highest BCUT2D eigenvalue weighted by molar-refractivity contribution is 5.89. The van der Waals surface area contributed by atoms with Crippen LogP contribution in [-0.2, 0) is 38.0 Å². The Balaban J connectivity index is 1.25. The van der Waals surface area contributed by atoms with Gasteiger partial charge in [-0.1, -0.05) is 96.3 Å². The lowest BCUT2D eigenvalue weighted by Crippen LogP contribution is -2.63. The van der Waals surface area contributed by atoms with Gasteiger partial charge in [0.1, 0.15) is 23.6 Å². The number of rotatable bonds is 23. The van der Waals surface area contributed by atoms with E-state index in [9.17, 15) is 29.7 Å². The number of carbonyl (C=O) groups excluding carboxylic acids is 3. The van der Waals surface area contributed by atoms with Gasteiger partial charge in [0, 0.05) is 11.5 Å². The molecule has 1 heterocycles. The maximum absolute atomic E-state index is 14.3. The molecule has 1 aromatic carbocycles. The minimum absolute atomic E-state index is 0.0560. The van der Waals surface area contributed by atoms with Gasteiger partial charge in [0.05, 0.1) is 57.2 Å². The number of unbranched alkanes of at least 4 members (excludes halogenated alkanes) is 9. The predicted molar refractivity (Wildman–Crippen MR) is 248 cm³/mol. The zero-order valence-electron chi connectivity index (χ0n) is 40.6. The molecule has 1 saturated heterocycles. The van der Waals surface area contributed by atoms with Crippen LogP contribution >= 0.6 is 0 Å². The Morgan fingerprint density at radius 2 is 1.59 bits per heavy atom. The highest BCUT2D eigenvalue weighted by Crippen LogP contribution is 2.69. The van der Waals surface area contributed by atoms with Crippen molar-refractivity contribution in [3.63, 3.8) is 0 Å². The van der Waals surface area contributed by atoms with Crippen LogP contribution in [0.15, 0.2) is 48.1 Å². The highest BCUT2D eigenvalue weighted by atomic mass is 16.7. The van der Waals surface area contributed by atoms with Gasteiger partial charge in [-0.15, -0.1) is 0 Å². The van der Waals surface area contributed by atoms with E-state index in [1.165, 1.54) is 69.8 Å². The molecule has 0 unspecified atom stereocenters. The second-order valence-corrected chi connectivity index (χ2v) is 20.2. The summed E-state index contributed by atoms with van der Waals surface area (Å²) in [5.41, 5.74) is -1.04. The number of hydrogen-bond acceptors (Lipinski definition) is 13. The van der Waals surface area contributed by atoms with E-state index < -0.39 is 65.5 Å². The first kappa shape index (κ1) is 52.0. The summed E-state index contributed by atoms with van der Waals surface area (Å²) in [4.78, 5) is 40.2. The first-order valence-corrected chi connectivity index (χ1v) is 25.2. The van der Waals surface area contributed by atoms with Gasteiger partial charge in [-0.3, -0.25) is 4.79 Å². The standard InChI is InChI=1S/C53H80O13/c1-7-9-10-11-12-13-14-15-16-17-30-63-48(57)35(3)53(59)44(33-42-40-25-22-37-32-38(54)26-28-51(37,4)41(40)27-29-52(42,53)5)65-50-47(66-49(58)36-20-23-39(60-6)24-21-36)46(43(55)34-64-50)62-31-18-19-45(56)61-8-2/h18-24,35,38,40-44,46-47,50,54-55,59H,7-17,25-34H2,1-6H3/b19-18-/t35-,38+,40-,41+,42+,43+,44+,46+,47-,50+,51+,52+,53-/m1/s1. The summed E-state index contributed by atoms with van der Waals surface area (Å²) in [6.45, 7) is 10.2. The number of fused-ring (bicyclic) bond motifs is 5. The Bertz CT molecular complexity index is 1800. The Hall–Kier alpha value is -3.33. The third-order valence-electron chi connectivity index (χ3n) is 16.3. The quantitative estimate of drug-likeness (QED) is 0.0313. The van der Waals surface area contributed by atoms with Crippen molar-refractivity contribution in [1.82, 2.24) is 0 Å². The van der Waals surface area contributed by atoms with Crippen molar-refractivity contribution in [3.8, 4) is 5.75 Å². The summed E-state index contributed by atoms with van der Waals surface area (Å²) in [6.07, 6.45) is 15.2. The normalized spacial score (nSPS) is 34.4. The molecule has 0 amide bonds. The van der Waals surface area contributed by atoms with E-state index >= 15 is 0 Å². The van der Waals surface area contributed by atoms with E-state index in [0.29, 0.717) is 30.9 Å². The minimum atomic E-state index is -1.73. The van der Waals surface area contributed by atoms with Crippen LogP contribution in [0.1, 0.15) is 154 Å². The number of hydrogen-bond donors (Lipinski definition) is 3. The van der Waals surface area contributed by atoms with Gasteiger partial charge < -0.3 is 48.5 Å². The van der Waals surface area contributed by atoms with E-state index in [2.05, 4.69) is 26.8 Å². The number of methoxy groups -OCH3 is 1. The number of allylic oxidation sites excluding steroid dienone is 1. The molecule has 6 rings (SSSR count). The van der Waals surface area contributed by atoms with Gasteiger partial charge in [0.15, 0.2) is 12.4 Å². The predicted octanol–water partition coefficient (Wildman–Crippen LogP) is 8.59. The van der Waals surface area contributed by atoms with Crippen LogP contribution in [0, 0.1) is 34.5 Å². The first-order valence-electron chi connectivity index (χ1n) is 25.2. The first-order chi connectivity index (χ1) is 31.7. The lowest BCUT2D eigenvalue weighted by molar-refractivity contribution is -0.307. The number of benzene rings is 1. The van der Waals surface area contributed by atoms with Gasteiger partial charge >= 0.3 is 17.9 Å². The molecule has 3 saturated carbocycles. The van der Waals surface area contributed by atoms with Crippen molar-refractivity contribution in [3.05, 3.63) is 53.6 Å². The monoisotopic (exact) mass is 925 g/mol. The lowest BCUT2D eigenvalue weighted by Gasteiger charge is -2.59. The molecule has 4 aliphatic carbocycles. The minimum Gasteiger partial charge on any atom is -0.497 e. The average Bonchev–Trinajstić information content (AvgIpc) is 3.54. The fourth-order valence-corrected chi connectivity index (χ4v) is 12.5. The molecular weight excluding hydrogens is 845 g/mol. The number of aliphatic hydroxyl groups is 3. The summed E-state index contributed by atoms with van der Waals surface area (Å²) in [5, 5.41) is 35.6. The average molecular weight is 925 g/mol. The number of ether oxygens (including phenoxy) is 7. The summed E-state index contributed by atoms with van der Waals surface area (Å²) >= 11 is 0. The SMILES string of the molecule is CCCCCCCCCCCCOC(=O)[C@@H](C)[C@@]1(O)[C@@H](O[C@@H]2OC[C@H](O)[C@H](OC/C=C\C(=O)OCC)[C@H]2OC(=O)c2ccc(OC)cc2)C[C@H]2[C@@H]3CC=C4C[C@@H](O)CC[C@]4(C)[C@H]3CC[C@@]21C. The van der Waals surface area contributed by atoms with Gasteiger partial charge in [-0.2, -0.15) is 0 Å². The van der Waals surface area contributed by atoms with Gasteiger partial charge in [-0.05, 0) is 113 Å². The fourth-order valence-electron chi connectivity index (χ4n) is 12.5. The van der Waals surface area contributed by atoms with Gasteiger partial charge in [0.25, 0.3) is 0 Å². The van der Waals surface area contributed by atoms with Crippen molar-refractivity contribution in [2.24, 2.45) is 34.5 Å². The Morgan fingerprint density at radius 1 is 0.894 bits per heavy atom. The summed E-state index contributed by atoms with van der Waals surface area (Å²) in [6, 6.07) is 6.39. The van der Waals surface area contributed by atoms with Crippen LogP contribution in [-0.4, -0.2) is 109 Å². The molecule has 13 nitrogen and oxygen atoms in total. The molecule has 370 valence electrons. The smallest absolute Gasteiger partial charge is 0.338 e. The van der Waals surface area contributed by atoms with Crippen molar-refractivity contribution in [2.75, 3.05) is 33.5 Å². The molecule has 13 heteroatoms. The lowest BCUT2D eigenvalue weighted by atomic mass is 9.46. The topological polar surface area (TPSA) is 177 Å². The van der Waals surface area contributed by atoms with Crippen LogP contribution < -0.4 is 4.74 Å². The Morgan fingerprint density at radius 3 is 2.27 bits per heavy atom. The Labute approximate surface area is 393 Å². The molecule has 0 spiro atoms. The maximum Gasteiger partial charge on any atom is 0.338 e. The molecule has 4 fully saturated rings. The molecule has 0 radical (unpaired) electrons. The third-order valence-corrected chi connectivity index (χ3v) is 16.3. The van der Waals surface area contributed by atoms with Crippen molar-refractivity contribution < 1.29 is 62.9 Å². The van der Waals surface area contributed by atoms with Crippen LogP contribution in [0.25, 0.3) is 0 Å². The highest BCUT2D eigenvalue weighted by Gasteiger charge is 2.71. The molecule has 66 heavy (non-hydrogen) atoms. The Kier molecular flexibility index (Phi) is 18.8. The second kappa shape index (κ2) is 23.8. The largest absolute Gasteiger partial charge is 0.497 e. The molecule has 0 bridgehead atoms. The zero-order chi connectivity index (χ0) is 47.5. The molecular formula is C53H80O13. The van der Waals surface area contributed by atoms with Gasteiger partial charge in [-0.25, -0.2) is 9.59 Å². The van der Waals surface area contributed by atoms with E-state index in [1.807, 2.05) is 0 Å². The van der Waals surface area contributed by atoms with Crippen molar-refractivity contribution in [2.45, 2.75) is 186 Å². The summed E-state index contributed by atoms with van der Waals surface area (Å²) < 4.78 is 41.7. The van der Waals surface area contributed by atoms with E-state index in [4.69, 9.17) is 33.2 Å². The van der Waals surface area contributed by atoms with E-state index in [1.54, 1.807) is 38.1 Å². The maximum atomic E-state index is 14.3. The van der Waals surface area contributed by atoms with Crippen LogP contribution in [0.2, 0.25) is 0 Å². The van der Waals surface area contributed by atoms with E-state index in [0.717, 1.165) is 44.9 Å². The molecule has 13 atom stereocenters. The molecule has 0 aromatic heterocycles. The molecule has 3 N–H and O–H groups in total.